The minimum atomic E-state index is -3.49. The minimum absolute atomic E-state index is 0.249. The maximum atomic E-state index is 12.5. The Morgan fingerprint density at radius 3 is 2.31 bits per heavy atom. The first kappa shape index (κ1) is 19.0. The molecular weight excluding hydrogens is 378 g/mol. The van der Waals surface area contributed by atoms with E-state index in [1.165, 1.54) is 4.31 Å². The largest absolute Gasteiger partial charge is 0.490 e. The van der Waals surface area contributed by atoms with Crippen LogP contribution in [0, 0.1) is 0 Å². The first-order valence-electron chi connectivity index (χ1n) is 8.25. The zero-order valence-electron chi connectivity index (χ0n) is 14.1. The van der Waals surface area contributed by atoms with Crippen LogP contribution in [0.25, 0.3) is 0 Å². The van der Waals surface area contributed by atoms with Gasteiger partial charge in [0.15, 0.2) is 0 Å². The summed E-state index contributed by atoms with van der Waals surface area (Å²) < 4.78 is 42.9. The average molecular weight is 398 g/mol. The predicted molar refractivity (Wildman–Crippen MR) is 98.5 cm³/mol. The number of nitrogens with zero attached hydrogens (tertiary/aromatic N) is 1. The molecule has 0 saturated carbocycles. The van der Waals surface area contributed by atoms with Crippen molar-refractivity contribution < 1.29 is 22.6 Å². The number of para-hydroxylation sites is 1. The van der Waals surface area contributed by atoms with Crippen molar-refractivity contribution in [2.45, 2.75) is 4.90 Å². The third kappa shape index (κ3) is 4.67. The van der Waals surface area contributed by atoms with Gasteiger partial charge in [-0.05, 0) is 36.4 Å². The Hall–Kier alpha value is -1.80. The zero-order chi connectivity index (χ0) is 18.4. The van der Waals surface area contributed by atoms with Gasteiger partial charge in [0.2, 0.25) is 10.0 Å². The molecule has 1 aliphatic rings. The lowest BCUT2D eigenvalue weighted by atomic mass is 10.3. The van der Waals surface area contributed by atoms with Crippen LogP contribution in [0.4, 0.5) is 0 Å². The smallest absolute Gasteiger partial charge is 0.243 e. The summed E-state index contributed by atoms with van der Waals surface area (Å²) in [5.74, 6) is 1.18. The highest BCUT2D eigenvalue weighted by Gasteiger charge is 2.26. The number of benzene rings is 2. The molecule has 3 rings (SSSR count). The van der Waals surface area contributed by atoms with Gasteiger partial charge in [0.05, 0.1) is 23.1 Å². The molecule has 0 unspecified atom stereocenters. The number of sulfonamides is 1. The minimum Gasteiger partial charge on any atom is -0.490 e. The molecule has 0 amide bonds. The first-order chi connectivity index (χ1) is 12.6. The molecule has 0 aromatic heterocycles. The van der Waals surface area contributed by atoms with Crippen molar-refractivity contribution in [1.82, 2.24) is 4.31 Å². The van der Waals surface area contributed by atoms with E-state index in [1.807, 2.05) is 12.1 Å². The highest BCUT2D eigenvalue weighted by molar-refractivity contribution is 7.89. The lowest BCUT2D eigenvalue weighted by Gasteiger charge is -2.26. The highest BCUT2D eigenvalue weighted by Crippen LogP contribution is 2.23. The van der Waals surface area contributed by atoms with E-state index in [2.05, 4.69) is 0 Å². The molecule has 6 nitrogen and oxygen atoms in total. The van der Waals surface area contributed by atoms with Crippen molar-refractivity contribution in [1.29, 1.82) is 0 Å². The summed E-state index contributed by atoms with van der Waals surface area (Å²) in [7, 11) is -3.49. The van der Waals surface area contributed by atoms with E-state index < -0.39 is 10.0 Å². The monoisotopic (exact) mass is 397 g/mol. The summed E-state index contributed by atoms with van der Waals surface area (Å²) in [5, 5.41) is 0.546. The summed E-state index contributed by atoms with van der Waals surface area (Å²) >= 11 is 6.01. The van der Waals surface area contributed by atoms with Crippen molar-refractivity contribution >= 4 is 21.6 Å². The van der Waals surface area contributed by atoms with Crippen molar-refractivity contribution in [2.75, 3.05) is 39.5 Å². The standard InChI is InChI=1S/C18H20ClNO5S/c19-17-3-1-2-4-18(17)25-14-13-24-15-5-7-16(8-6-15)26(21,22)20-9-11-23-12-10-20/h1-8H,9-14H2. The summed E-state index contributed by atoms with van der Waals surface area (Å²) in [6, 6.07) is 13.6. The van der Waals surface area contributed by atoms with Crippen LogP contribution in [0.3, 0.4) is 0 Å². The summed E-state index contributed by atoms with van der Waals surface area (Å²) in [5.41, 5.74) is 0. The quantitative estimate of drug-likeness (QED) is 0.672. The Morgan fingerprint density at radius 2 is 1.62 bits per heavy atom. The van der Waals surface area contributed by atoms with E-state index in [0.717, 1.165) is 0 Å². The number of hydrogen-bond donors (Lipinski definition) is 0. The molecule has 140 valence electrons. The van der Waals surface area contributed by atoms with Crippen molar-refractivity contribution in [3.63, 3.8) is 0 Å². The number of ether oxygens (including phenoxy) is 3. The predicted octanol–water partition coefficient (Wildman–Crippen LogP) is 2.82. The molecule has 1 saturated heterocycles. The van der Waals surface area contributed by atoms with Gasteiger partial charge in [0, 0.05) is 13.1 Å². The molecule has 0 spiro atoms. The van der Waals surface area contributed by atoms with Crippen molar-refractivity contribution in [2.24, 2.45) is 0 Å². The Balaban J connectivity index is 1.52. The molecule has 8 heteroatoms. The van der Waals surface area contributed by atoms with Gasteiger partial charge in [-0.3, -0.25) is 0 Å². The summed E-state index contributed by atoms with van der Waals surface area (Å²) in [6.45, 7) is 2.25. The molecule has 2 aromatic rings. The van der Waals surface area contributed by atoms with Crippen LogP contribution in [0.2, 0.25) is 5.02 Å². The third-order valence-corrected chi connectivity index (χ3v) is 6.10. The summed E-state index contributed by atoms with van der Waals surface area (Å²) in [4.78, 5) is 0.249. The van der Waals surface area contributed by atoms with E-state index in [-0.39, 0.29) is 4.90 Å². The fraction of sp³-hybridized carbons (Fsp3) is 0.333. The Morgan fingerprint density at radius 1 is 0.962 bits per heavy atom. The normalized spacial score (nSPS) is 15.6. The maximum Gasteiger partial charge on any atom is 0.243 e. The van der Waals surface area contributed by atoms with Crippen LogP contribution >= 0.6 is 11.6 Å². The van der Waals surface area contributed by atoms with Crippen LogP contribution in [0.5, 0.6) is 11.5 Å². The molecule has 0 bridgehead atoms. The lowest BCUT2D eigenvalue weighted by Crippen LogP contribution is -2.40. The zero-order valence-corrected chi connectivity index (χ0v) is 15.7. The molecule has 1 aliphatic heterocycles. The fourth-order valence-electron chi connectivity index (χ4n) is 2.52. The van der Waals surface area contributed by atoms with Crippen LogP contribution in [0.1, 0.15) is 0 Å². The van der Waals surface area contributed by atoms with Crippen LogP contribution in [0.15, 0.2) is 53.4 Å². The summed E-state index contributed by atoms with van der Waals surface area (Å²) in [6.07, 6.45) is 0. The van der Waals surface area contributed by atoms with E-state index >= 15 is 0 Å². The lowest BCUT2D eigenvalue weighted by molar-refractivity contribution is 0.0730. The number of rotatable bonds is 7. The van der Waals surface area contributed by atoms with Crippen molar-refractivity contribution in [3.05, 3.63) is 53.6 Å². The second-order valence-electron chi connectivity index (χ2n) is 5.62. The molecule has 2 aromatic carbocycles. The number of halogens is 1. The fourth-order valence-corrected chi connectivity index (χ4v) is 4.12. The van der Waals surface area contributed by atoms with Gasteiger partial charge in [-0.15, -0.1) is 0 Å². The van der Waals surface area contributed by atoms with Gasteiger partial charge < -0.3 is 14.2 Å². The molecule has 0 radical (unpaired) electrons. The molecule has 0 aliphatic carbocycles. The van der Waals surface area contributed by atoms with Gasteiger partial charge in [-0.1, -0.05) is 23.7 Å². The maximum absolute atomic E-state index is 12.5. The van der Waals surface area contributed by atoms with Crippen molar-refractivity contribution in [3.8, 4) is 11.5 Å². The molecule has 1 fully saturated rings. The molecule has 1 heterocycles. The second-order valence-corrected chi connectivity index (χ2v) is 7.96. The Labute approximate surface area is 158 Å². The van der Waals surface area contributed by atoms with E-state index in [9.17, 15) is 8.42 Å². The van der Waals surface area contributed by atoms with Gasteiger partial charge in [0.1, 0.15) is 24.7 Å². The molecule has 0 atom stereocenters. The molecule has 26 heavy (non-hydrogen) atoms. The van der Waals surface area contributed by atoms with E-state index in [1.54, 1.807) is 36.4 Å². The van der Waals surface area contributed by atoms with Gasteiger partial charge in [0.25, 0.3) is 0 Å². The first-order valence-corrected chi connectivity index (χ1v) is 10.1. The SMILES string of the molecule is O=S(=O)(c1ccc(OCCOc2ccccc2Cl)cc1)N1CCOCC1. The van der Waals surface area contributed by atoms with Crippen LogP contribution < -0.4 is 9.47 Å². The highest BCUT2D eigenvalue weighted by atomic mass is 35.5. The number of morpholine rings is 1. The Bertz CT molecular complexity index is 820. The van der Waals surface area contributed by atoms with E-state index in [0.29, 0.717) is 56.0 Å². The van der Waals surface area contributed by atoms with Crippen LogP contribution in [-0.2, 0) is 14.8 Å². The average Bonchev–Trinajstić information content (AvgIpc) is 2.67. The Kier molecular flexibility index (Phi) is 6.37. The van der Waals surface area contributed by atoms with Gasteiger partial charge in [-0.25, -0.2) is 8.42 Å². The third-order valence-electron chi connectivity index (χ3n) is 3.88. The topological polar surface area (TPSA) is 65.1 Å². The van der Waals surface area contributed by atoms with Gasteiger partial charge in [-0.2, -0.15) is 4.31 Å². The molecule has 0 N–H and O–H groups in total. The van der Waals surface area contributed by atoms with Crippen LogP contribution in [-0.4, -0.2) is 52.2 Å². The van der Waals surface area contributed by atoms with E-state index in [4.69, 9.17) is 25.8 Å². The second kappa shape index (κ2) is 8.73. The van der Waals surface area contributed by atoms with Gasteiger partial charge >= 0.3 is 0 Å². The number of hydrogen-bond acceptors (Lipinski definition) is 5. The molecular formula is C18H20ClNO5S.